The lowest BCUT2D eigenvalue weighted by Gasteiger charge is -2.86. The second-order valence-electron chi connectivity index (χ2n) is 17.2. The van der Waals surface area contributed by atoms with Gasteiger partial charge in [0.25, 0.3) is 0 Å². The molecule has 15 nitrogen and oxygen atoms in total. The summed E-state index contributed by atoms with van der Waals surface area (Å²) >= 11 is 0. The van der Waals surface area contributed by atoms with Gasteiger partial charge in [0.05, 0.1) is 35.1 Å². The zero-order chi connectivity index (χ0) is 41.7. The van der Waals surface area contributed by atoms with Crippen LogP contribution in [0.15, 0.2) is 71.8 Å². The van der Waals surface area contributed by atoms with Crippen LogP contribution in [0.2, 0.25) is 0 Å². The number of fused-ring (bicyclic) bond motifs is 1. The van der Waals surface area contributed by atoms with Gasteiger partial charge in [-0.15, -0.1) is 0 Å². The third-order valence-corrected chi connectivity index (χ3v) is 13.3. The number of hydrogen-bond donors (Lipinski definition) is 5. The molecular formula is C42H49NO14. The van der Waals surface area contributed by atoms with Crippen LogP contribution in [0.5, 0.6) is 0 Å². The molecule has 0 aromatic heterocycles. The number of carbonyl (C=O) groups excluding carboxylic acids is 5. The van der Waals surface area contributed by atoms with Crippen molar-refractivity contribution >= 4 is 29.8 Å². The Morgan fingerprint density at radius 2 is 1.58 bits per heavy atom. The molecule has 1 spiro atoms. The van der Waals surface area contributed by atoms with Crippen molar-refractivity contribution in [3.05, 3.63) is 82.9 Å². The van der Waals surface area contributed by atoms with Gasteiger partial charge >= 0.3 is 24.0 Å². The van der Waals surface area contributed by atoms with Gasteiger partial charge in [-0.2, -0.15) is 0 Å². The lowest BCUT2D eigenvalue weighted by atomic mass is 9.20. The highest BCUT2D eigenvalue weighted by atomic mass is 16.6. The van der Waals surface area contributed by atoms with Crippen LogP contribution in [0.1, 0.15) is 83.3 Å². The minimum absolute atomic E-state index is 0.0733. The predicted octanol–water partition coefficient (Wildman–Crippen LogP) is 2.62. The molecule has 4 fully saturated rings. The van der Waals surface area contributed by atoms with E-state index in [9.17, 15) is 44.4 Å². The molecule has 5 aliphatic rings. The number of aliphatic hydroxyl groups excluding tert-OH is 3. The number of hydrogen-bond acceptors (Lipinski definition) is 14. The zero-order valence-electron chi connectivity index (χ0n) is 32.8. The van der Waals surface area contributed by atoms with E-state index in [2.05, 4.69) is 5.32 Å². The summed E-state index contributed by atoms with van der Waals surface area (Å²) in [6, 6.07) is 14.6. The number of aliphatic hydroxyl groups is 4. The number of rotatable bonds is 8. The van der Waals surface area contributed by atoms with Crippen LogP contribution in [0.25, 0.3) is 0 Å². The summed E-state index contributed by atoms with van der Waals surface area (Å²) in [6.45, 7) is 10.3. The minimum Gasteiger partial charge on any atom is -0.456 e. The second-order valence-corrected chi connectivity index (χ2v) is 17.2. The van der Waals surface area contributed by atoms with Crippen LogP contribution in [0.3, 0.4) is 0 Å². The van der Waals surface area contributed by atoms with Gasteiger partial charge in [-0.25, -0.2) is 14.4 Å². The van der Waals surface area contributed by atoms with Crippen molar-refractivity contribution in [1.29, 1.82) is 0 Å². The summed E-state index contributed by atoms with van der Waals surface area (Å²) in [6.07, 6.45) is -11.3. The van der Waals surface area contributed by atoms with E-state index in [0.717, 1.165) is 0 Å². The zero-order valence-corrected chi connectivity index (χ0v) is 32.8. The normalized spacial score (nSPS) is 37.4. The van der Waals surface area contributed by atoms with E-state index in [-0.39, 0.29) is 29.7 Å². The molecule has 0 bridgehead atoms. The summed E-state index contributed by atoms with van der Waals surface area (Å²) in [4.78, 5) is 68.7. The van der Waals surface area contributed by atoms with Crippen molar-refractivity contribution in [1.82, 2.24) is 5.32 Å². The Morgan fingerprint density at radius 3 is 2.14 bits per heavy atom. The van der Waals surface area contributed by atoms with Crippen molar-refractivity contribution in [2.45, 2.75) is 121 Å². The summed E-state index contributed by atoms with van der Waals surface area (Å²) in [5.74, 6) is -3.78. The first-order valence-electron chi connectivity index (χ1n) is 19.0. The molecule has 306 valence electrons. The number of amides is 1. The average molecular weight is 792 g/mol. The number of benzene rings is 2. The molecule has 1 aliphatic heterocycles. The Balaban J connectivity index is 1.35. The highest BCUT2D eigenvalue weighted by Crippen LogP contribution is 2.85. The molecule has 57 heavy (non-hydrogen) atoms. The molecule has 4 aliphatic carbocycles. The van der Waals surface area contributed by atoms with Crippen LogP contribution in [0, 0.1) is 16.2 Å². The number of ketones is 1. The van der Waals surface area contributed by atoms with Gasteiger partial charge in [-0.1, -0.05) is 55.5 Å². The van der Waals surface area contributed by atoms with E-state index in [1.54, 1.807) is 76.2 Å². The van der Waals surface area contributed by atoms with Gasteiger partial charge < -0.3 is 49.4 Å². The lowest BCUT2D eigenvalue weighted by molar-refractivity contribution is -0.472. The largest absolute Gasteiger partial charge is 0.456 e. The number of Topliss-reactive ketones (excluding diaryl/α,β-unsaturated/α-hetero) is 1. The lowest BCUT2D eigenvalue weighted by Crippen LogP contribution is -3.00. The van der Waals surface area contributed by atoms with Crippen molar-refractivity contribution in [3.63, 3.8) is 0 Å². The van der Waals surface area contributed by atoms with Crippen molar-refractivity contribution in [2.75, 3.05) is 6.61 Å². The van der Waals surface area contributed by atoms with E-state index in [1.807, 2.05) is 0 Å². The van der Waals surface area contributed by atoms with Gasteiger partial charge in [0.1, 0.15) is 35.6 Å². The standard InChI is InChI=1S/C42H49NO14/c1-21-25(54-34(50)31(47)29(23-14-10-8-11-15-23)43-36(51)57-37(3,4)5)19-40(52)35(55-33(49)24-16-12-9-13-17-24)42-38(6,32(48)30(46)28(21)39(40,42)7)26(45)18-27-41(42,20-53-27)56-22(2)44/h8-17,25-27,29-31,35,45-47,52H,18-20H2,1-7H3,(H,43,51)/t25-,26?,27+,29?,30+,31+,35+,38?,39?,40?,41-,42?/m0/s1. The van der Waals surface area contributed by atoms with E-state index in [0.29, 0.717) is 5.56 Å². The monoisotopic (exact) mass is 791 g/mol. The molecule has 12 atom stereocenters. The van der Waals surface area contributed by atoms with Crippen molar-refractivity contribution in [2.24, 2.45) is 16.2 Å². The Morgan fingerprint density at radius 1 is 0.965 bits per heavy atom. The van der Waals surface area contributed by atoms with E-state index < -0.39 is 112 Å². The molecule has 5 N–H and O–H groups in total. The highest BCUT2D eigenvalue weighted by molar-refractivity contribution is 5.98. The van der Waals surface area contributed by atoms with Crippen LogP contribution >= 0.6 is 0 Å². The summed E-state index contributed by atoms with van der Waals surface area (Å²) in [5, 5.41) is 51.2. The number of nitrogens with one attached hydrogen (secondary N) is 1. The summed E-state index contributed by atoms with van der Waals surface area (Å²) in [5.41, 5.74) is -10.1. The maximum absolute atomic E-state index is 14.8. The summed E-state index contributed by atoms with van der Waals surface area (Å²) in [7, 11) is 0. The third kappa shape index (κ3) is 5.38. The molecule has 0 radical (unpaired) electrons. The quantitative estimate of drug-likeness (QED) is 0.147. The molecular weight excluding hydrogens is 742 g/mol. The predicted molar refractivity (Wildman–Crippen MR) is 197 cm³/mol. The van der Waals surface area contributed by atoms with Gasteiger partial charge in [0.2, 0.25) is 0 Å². The number of alkyl carbamates (subject to hydrolysis) is 1. The van der Waals surface area contributed by atoms with Crippen LogP contribution in [-0.4, -0.2) is 110 Å². The van der Waals surface area contributed by atoms with Gasteiger partial charge in [-0.3, -0.25) is 9.59 Å². The van der Waals surface area contributed by atoms with Gasteiger partial charge in [0, 0.05) is 25.2 Å². The molecule has 1 heterocycles. The number of esters is 3. The SMILES string of the molecule is CC(=O)O[C@@]12CO[C@@H]1CC(O)C1(C)C(=O)[C@H](O)C3=C(C)[C@@H](OC(=O)[C@H](O)C(NC(=O)OC(C)(C)C)c4ccccc4)CC4(O)[C@@H](OC(=O)c5ccccc5)C12C34C. The summed E-state index contributed by atoms with van der Waals surface area (Å²) < 4.78 is 29.7. The van der Waals surface area contributed by atoms with Crippen LogP contribution in [0.4, 0.5) is 4.79 Å². The number of carbonyl (C=O) groups is 5. The van der Waals surface area contributed by atoms with Crippen LogP contribution < -0.4 is 5.32 Å². The number of ether oxygens (including phenoxy) is 5. The first-order chi connectivity index (χ1) is 26.6. The molecule has 6 unspecified atom stereocenters. The molecule has 1 amide bonds. The van der Waals surface area contributed by atoms with Crippen molar-refractivity contribution < 1.29 is 68.1 Å². The minimum atomic E-state index is -2.26. The Kier molecular flexibility index (Phi) is 9.56. The fraction of sp³-hybridized carbons (Fsp3) is 0.548. The molecule has 3 saturated carbocycles. The smallest absolute Gasteiger partial charge is 0.408 e. The van der Waals surface area contributed by atoms with Crippen LogP contribution in [-0.2, 0) is 38.1 Å². The van der Waals surface area contributed by atoms with E-state index >= 15 is 0 Å². The molecule has 1 saturated heterocycles. The average Bonchev–Trinajstić information content (AvgIpc) is 3.14. The maximum Gasteiger partial charge on any atom is 0.408 e. The Bertz CT molecular complexity index is 2030. The second kappa shape index (κ2) is 13.4. The molecule has 2 aromatic rings. The van der Waals surface area contributed by atoms with Gasteiger partial charge in [-0.05, 0) is 63.5 Å². The highest BCUT2D eigenvalue weighted by Gasteiger charge is 2.99. The molecule has 7 rings (SSSR count). The topological polar surface area (TPSA) is 224 Å². The molecule has 15 heteroatoms. The fourth-order valence-electron chi connectivity index (χ4n) is 11.0. The fourth-order valence-corrected chi connectivity index (χ4v) is 11.0. The maximum atomic E-state index is 14.8. The first-order valence-corrected chi connectivity index (χ1v) is 19.0. The van der Waals surface area contributed by atoms with E-state index in [4.69, 9.17) is 23.7 Å². The van der Waals surface area contributed by atoms with Crippen molar-refractivity contribution in [3.8, 4) is 0 Å². The third-order valence-electron chi connectivity index (χ3n) is 13.3. The van der Waals surface area contributed by atoms with Gasteiger partial charge in [0.15, 0.2) is 17.5 Å². The Labute approximate surface area is 329 Å². The van der Waals surface area contributed by atoms with E-state index in [1.165, 1.54) is 32.9 Å². The molecule has 2 aromatic carbocycles. The Hall–Kier alpha value is -4.67. The first kappa shape index (κ1) is 40.5.